The van der Waals surface area contributed by atoms with Crippen LogP contribution in [0.25, 0.3) is 0 Å². The van der Waals surface area contributed by atoms with E-state index in [0.29, 0.717) is 31.1 Å². The van der Waals surface area contributed by atoms with Crippen LogP contribution in [0.2, 0.25) is 0 Å². The fourth-order valence-electron chi connectivity index (χ4n) is 4.46. The third-order valence-electron chi connectivity index (χ3n) is 6.06. The highest BCUT2D eigenvalue weighted by Crippen LogP contribution is 2.34. The smallest absolute Gasteiger partial charge is 0.267 e. The van der Waals surface area contributed by atoms with E-state index in [9.17, 15) is 4.79 Å². The Morgan fingerprint density at radius 1 is 1.10 bits per heavy atom. The largest absolute Gasteiger partial charge is 0.485 e. The number of benzene rings is 1. The number of rotatable bonds is 2. The van der Waals surface area contributed by atoms with Crippen molar-refractivity contribution in [2.75, 3.05) is 39.3 Å². The highest BCUT2D eigenvalue weighted by molar-refractivity contribution is 5.82. The Bertz CT molecular complexity index is 835. The van der Waals surface area contributed by atoms with Crippen molar-refractivity contribution in [2.45, 2.75) is 57.3 Å². The summed E-state index contributed by atoms with van der Waals surface area (Å²) in [7, 11) is 0. The fourth-order valence-corrected chi connectivity index (χ4v) is 4.46. The molecular formula is C24H32N2O4. The molecule has 2 saturated heterocycles. The van der Waals surface area contributed by atoms with Crippen LogP contribution in [0.15, 0.2) is 24.3 Å². The lowest BCUT2D eigenvalue weighted by molar-refractivity contribution is -0.142. The lowest BCUT2D eigenvalue weighted by atomic mass is 9.88. The van der Waals surface area contributed by atoms with E-state index in [1.807, 2.05) is 29.2 Å². The Morgan fingerprint density at radius 3 is 2.57 bits per heavy atom. The number of carbonyl (C=O) groups is 1. The zero-order valence-corrected chi connectivity index (χ0v) is 18.3. The number of piperazine rings is 1. The van der Waals surface area contributed by atoms with Gasteiger partial charge in [0.15, 0.2) is 11.5 Å². The molecule has 4 rings (SSSR count). The van der Waals surface area contributed by atoms with E-state index in [-0.39, 0.29) is 23.7 Å². The highest BCUT2D eigenvalue weighted by atomic mass is 16.6. The number of ether oxygens (including phenoxy) is 3. The number of hydrogen-bond acceptors (Lipinski definition) is 5. The van der Waals surface area contributed by atoms with Gasteiger partial charge in [-0.25, -0.2) is 0 Å². The second kappa shape index (κ2) is 8.49. The summed E-state index contributed by atoms with van der Waals surface area (Å²) in [5.41, 5.74) is -0.451. The number of amides is 1. The molecule has 1 aromatic rings. The van der Waals surface area contributed by atoms with Crippen LogP contribution < -0.4 is 9.47 Å². The van der Waals surface area contributed by atoms with Gasteiger partial charge in [-0.15, -0.1) is 0 Å². The minimum Gasteiger partial charge on any atom is -0.485 e. The molecule has 0 aliphatic carbocycles. The zero-order valence-electron chi connectivity index (χ0n) is 18.3. The average Bonchev–Trinajstić information content (AvgIpc) is 2.72. The number of carbonyl (C=O) groups excluding carboxylic acids is 1. The van der Waals surface area contributed by atoms with Crippen molar-refractivity contribution in [1.82, 2.24) is 9.80 Å². The predicted molar refractivity (Wildman–Crippen MR) is 115 cm³/mol. The Kier molecular flexibility index (Phi) is 5.95. The second-order valence-electron chi connectivity index (χ2n) is 9.21. The summed E-state index contributed by atoms with van der Waals surface area (Å²) in [4.78, 5) is 17.0. The van der Waals surface area contributed by atoms with Crippen molar-refractivity contribution in [3.05, 3.63) is 24.3 Å². The maximum absolute atomic E-state index is 12.9. The molecule has 3 aliphatic rings. The SMILES string of the molecule is CC1(C)CCC[C@](C)(C#CCN2CCN(C(=O)[C@H]3COc4ccccc4O3)CC2)O1. The van der Waals surface area contributed by atoms with Gasteiger partial charge in [0, 0.05) is 26.2 Å². The number of para-hydroxylation sites is 2. The summed E-state index contributed by atoms with van der Waals surface area (Å²) >= 11 is 0. The normalized spacial score (nSPS) is 28.4. The van der Waals surface area contributed by atoms with Crippen LogP contribution in [0.1, 0.15) is 40.0 Å². The van der Waals surface area contributed by atoms with Crippen LogP contribution in [-0.2, 0) is 9.53 Å². The molecule has 6 nitrogen and oxygen atoms in total. The van der Waals surface area contributed by atoms with Crippen molar-refractivity contribution in [3.8, 4) is 23.3 Å². The summed E-state index contributed by atoms with van der Waals surface area (Å²) in [5, 5.41) is 0. The van der Waals surface area contributed by atoms with Crippen molar-refractivity contribution in [2.24, 2.45) is 0 Å². The Morgan fingerprint density at radius 2 is 1.83 bits per heavy atom. The van der Waals surface area contributed by atoms with Crippen LogP contribution in [-0.4, -0.2) is 72.3 Å². The molecular weight excluding hydrogens is 380 g/mol. The van der Waals surface area contributed by atoms with Crippen LogP contribution in [0.5, 0.6) is 11.5 Å². The minimum atomic E-state index is -0.571. The summed E-state index contributed by atoms with van der Waals surface area (Å²) in [6.07, 6.45) is 2.65. The zero-order chi connectivity index (χ0) is 21.2. The van der Waals surface area contributed by atoms with Gasteiger partial charge in [0.1, 0.15) is 12.2 Å². The van der Waals surface area contributed by atoms with E-state index >= 15 is 0 Å². The van der Waals surface area contributed by atoms with Gasteiger partial charge >= 0.3 is 0 Å². The molecule has 30 heavy (non-hydrogen) atoms. The number of hydrogen-bond donors (Lipinski definition) is 0. The molecule has 0 aromatic heterocycles. The van der Waals surface area contributed by atoms with Crippen molar-refractivity contribution < 1.29 is 19.0 Å². The van der Waals surface area contributed by atoms with Crippen LogP contribution in [0.4, 0.5) is 0 Å². The molecule has 0 spiro atoms. The first-order valence-corrected chi connectivity index (χ1v) is 10.9. The van der Waals surface area contributed by atoms with E-state index in [1.165, 1.54) is 0 Å². The van der Waals surface area contributed by atoms with Gasteiger partial charge < -0.3 is 19.1 Å². The Labute approximate surface area is 179 Å². The van der Waals surface area contributed by atoms with Gasteiger partial charge in [-0.05, 0) is 52.2 Å². The maximum Gasteiger partial charge on any atom is 0.267 e. The van der Waals surface area contributed by atoms with Crippen LogP contribution >= 0.6 is 0 Å². The monoisotopic (exact) mass is 412 g/mol. The Hall–Kier alpha value is -2.23. The highest BCUT2D eigenvalue weighted by Gasteiger charge is 2.36. The topological polar surface area (TPSA) is 51.2 Å². The van der Waals surface area contributed by atoms with Gasteiger partial charge in [-0.3, -0.25) is 9.69 Å². The van der Waals surface area contributed by atoms with Crippen LogP contribution in [0, 0.1) is 11.8 Å². The molecule has 0 bridgehead atoms. The van der Waals surface area contributed by atoms with E-state index in [0.717, 1.165) is 32.4 Å². The maximum atomic E-state index is 12.9. The van der Waals surface area contributed by atoms with Gasteiger partial charge in [-0.2, -0.15) is 0 Å². The molecule has 1 aromatic carbocycles. The third kappa shape index (κ3) is 4.91. The molecule has 0 unspecified atom stereocenters. The van der Waals surface area contributed by atoms with Gasteiger partial charge in [0.05, 0.1) is 12.1 Å². The quantitative estimate of drug-likeness (QED) is 0.699. The van der Waals surface area contributed by atoms with Gasteiger partial charge in [0.2, 0.25) is 6.10 Å². The van der Waals surface area contributed by atoms with E-state index in [2.05, 4.69) is 37.5 Å². The predicted octanol–water partition coefficient (Wildman–Crippen LogP) is 2.71. The van der Waals surface area contributed by atoms with Crippen molar-refractivity contribution >= 4 is 5.91 Å². The van der Waals surface area contributed by atoms with Gasteiger partial charge in [-0.1, -0.05) is 24.0 Å². The standard InChI is InChI=1S/C24H32N2O4/c1-23(2)10-6-11-24(3,30-23)12-7-13-25-14-16-26(17-15-25)22(27)21-18-28-19-8-4-5-9-20(19)29-21/h4-5,8-9,21H,6,10-11,13-18H2,1-3H3/t21-,24-/m1/s1. The lowest BCUT2D eigenvalue weighted by Gasteiger charge is -2.40. The van der Waals surface area contributed by atoms with Crippen molar-refractivity contribution in [3.63, 3.8) is 0 Å². The molecule has 0 radical (unpaired) electrons. The molecule has 2 fully saturated rings. The number of fused-ring (bicyclic) bond motifs is 1. The third-order valence-corrected chi connectivity index (χ3v) is 6.06. The summed E-state index contributed by atoms with van der Waals surface area (Å²) in [6.45, 7) is 10.3. The van der Waals surface area contributed by atoms with Crippen molar-refractivity contribution in [1.29, 1.82) is 0 Å². The Balaban J connectivity index is 1.25. The van der Waals surface area contributed by atoms with E-state index < -0.39 is 6.10 Å². The summed E-state index contributed by atoms with van der Waals surface area (Å²) in [5.74, 6) is 8.02. The first-order chi connectivity index (χ1) is 14.3. The molecule has 0 saturated carbocycles. The summed E-state index contributed by atoms with van der Waals surface area (Å²) in [6, 6.07) is 7.47. The molecule has 6 heteroatoms. The molecule has 3 aliphatic heterocycles. The molecule has 2 atom stereocenters. The number of nitrogens with zero attached hydrogens (tertiary/aromatic N) is 2. The van der Waals surface area contributed by atoms with E-state index in [1.54, 1.807) is 0 Å². The fraction of sp³-hybridized carbons (Fsp3) is 0.625. The molecule has 0 N–H and O–H groups in total. The minimum absolute atomic E-state index is 0.000542. The van der Waals surface area contributed by atoms with Gasteiger partial charge in [0.25, 0.3) is 5.91 Å². The first kappa shape index (κ1) is 21.0. The molecule has 3 heterocycles. The molecule has 1 amide bonds. The summed E-state index contributed by atoms with van der Waals surface area (Å²) < 4.78 is 17.8. The lowest BCUT2D eigenvalue weighted by Crippen LogP contribution is -2.54. The average molecular weight is 413 g/mol. The van der Waals surface area contributed by atoms with E-state index in [4.69, 9.17) is 14.2 Å². The first-order valence-electron chi connectivity index (χ1n) is 10.9. The van der Waals surface area contributed by atoms with Crippen LogP contribution in [0.3, 0.4) is 0 Å². The molecule has 162 valence electrons. The second-order valence-corrected chi connectivity index (χ2v) is 9.21.